The first-order valence-electron chi connectivity index (χ1n) is 14.4. The summed E-state index contributed by atoms with van der Waals surface area (Å²) in [6.07, 6.45) is 1.73. The van der Waals surface area contributed by atoms with Crippen LogP contribution in [0.1, 0.15) is 46.6 Å². The van der Waals surface area contributed by atoms with E-state index >= 15 is 4.39 Å². The number of halogens is 6. The normalized spacial score (nSPS) is 14.9. The summed E-state index contributed by atoms with van der Waals surface area (Å²) < 4.78 is 75.6. The van der Waals surface area contributed by atoms with Gasteiger partial charge in [0.05, 0.1) is 30.5 Å². The molecule has 2 amide bonds. The third-order valence-corrected chi connectivity index (χ3v) is 8.78. The van der Waals surface area contributed by atoms with Crippen molar-refractivity contribution in [3.8, 4) is 17.0 Å². The van der Waals surface area contributed by atoms with E-state index in [1.807, 2.05) is 0 Å². The molecule has 0 aliphatic heterocycles. The van der Waals surface area contributed by atoms with Crippen molar-refractivity contribution in [2.24, 2.45) is 5.73 Å². The van der Waals surface area contributed by atoms with Gasteiger partial charge in [-0.2, -0.15) is 13.9 Å². The molecule has 4 N–H and O–H groups in total. The highest BCUT2D eigenvalue weighted by atomic mass is 35.5. The standard InChI is InChI=1S/C33H25ClF5N5O4/c1-48-24-11-16(10-17-14-44(31(38)39)43-28(17)24)29(45)41-15-33(47,18-2-4-20(35)5-3-18)25-13-19(32(8-9-32)30(40)46)12-23(42-25)21-6-7-22(36)26(34)27(21)37/h2-7,10-14,31,47H,8-9,15H2,1H3,(H2,40,46)(H,41,45)/t33-/m1/s1. The number of primary amides is 1. The monoisotopic (exact) mass is 685 g/mol. The molecule has 248 valence electrons. The van der Waals surface area contributed by atoms with Crippen molar-refractivity contribution >= 4 is 34.3 Å². The van der Waals surface area contributed by atoms with Crippen LogP contribution in [0.25, 0.3) is 22.2 Å². The molecular formula is C33H25ClF5N5O4. The van der Waals surface area contributed by atoms with E-state index in [1.165, 1.54) is 43.5 Å². The fraction of sp³-hybridized carbons (Fsp3) is 0.212. The van der Waals surface area contributed by atoms with Crippen molar-refractivity contribution in [3.05, 3.63) is 112 Å². The summed E-state index contributed by atoms with van der Waals surface area (Å²) in [5.41, 5.74) is 2.10. The Hall–Kier alpha value is -5.08. The third kappa shape index (κ3) is 5.70. The van der Waals surface area contributed by atoms with Gasteiger partial charge in [-0.3, -0.25) is 9.59 Å². The Kier molecular flexibility index (Phi) is 8.33. The SMILES string of the molecule is COc1cc(C(=O)NC[C@@](O)(c2ccc(F)cc2)c2cc(C3(C(N)=O)CC3)cc(-c3ccc(F)c(Cl)c3F)n2)cc2cn(C(F)F)nc12. The molecule has 1 fully saturated rings. The van der Waals surface area contributed by atoms with Crippen molar-refractivity contribution < 1.29 is 41.4 Å². The number of aromatic nitrogens is 3. The Morgan fingerprint density at radius 1 is 1.10 bits per heavy atom. The van der Waals surface area contributed by atoms with E-state index in [4.69, 9.17) is 22.1 Å². The molecule has 0 bridgehead atoms. The Labute approximate surface area is 274 Å². The second-order valence-electron chi connectivity index (χ2n) is 11.3. The highest BCUT2D eigenvalue weighted by Crippen LogP contribution is 2.49. The first kappa shape index (κ1) is 32.8. The zero-order valence-corrected chi connectivity index (χ0v) is 25.7. The number of carbonyl (C=O) groups excluding carboxylic acids is 2. The average molecular weight is 686 g/mol. The number of hydrogen-bond acceptors (Lipinski definition) is 6. The van der Waals surface area contributed by atoms with Gasteiger partial charge in [-0.15, -0.1) is 0 Å². The molecule has 0 unspecified atom stereocenters. The smallest absolute Gasteiger partial charge is 0.333 e. The number of pyridine rings is 1. The molecule has 0 saturated heterocycles. The number of nitrogens with two attached hydrogens (primary N) is 1. The molecule has 6 rings (SSSR count). The largest absolute Gasteiger partial charge is 0.494 e. The van der Waals surface area contributed by atoms with E-state index in [-0.39, 0.29) is 50.3 Å². The Balaban J connectivity index is 1.46. The number of carbonyl (C=O) groups is 2. The van der Waals surface area contributed by atoms with Crippen molar-refractivity contribution in [3.63, 3.8) is 0 Å². The van der Waals surface area contributed by atoms with Crippen LogP contribution in [0.3, 0.4) is 0 Å². The topological polar surface area (TPSA) is 132 Å². The molecule has 2 heterocycles. The van der Waals surface area contributed by atoms with Crippen LogP contribution in [-0.2, 0) is 15.8 Å². The predicted octanol–water partition coefficient (Wildman–Crippen LogP) is 5.76. The van der Waals surface area contributed by atoms with Crippen LogP contribution in [0.15, 0.2) is 66.9 Å². The number of nitrogens with zero attached hydrogens (tertiary/aromatic N) is 3. The van der Waals surface area contributed by atoms with Gasteiger partial charge in [-0.05, 0) is 72.5 Å². The molecule has 3 aromatic carbocycles. The van der Waals surface area contributed by atoms with E-state index in [9.17, 15) is 32.3 Å². The summed E-state index contributed by atoms with van der Waals surface area (Å²) in [5, 5.41) is 18.1. The van der Waals surface area contributed by atoms with E-state index in [1.54, 1.807) is 0 Å². The summed E-state index contributed by atoms with van der Waals surface area (Å²) in [7, 11) is 1.28. The van der Waals surface area contributed by atoms with E-state index in [0.717, 1.165) is 30.5 Å². The Morgan fingerprint density at radius 2 is 1.81 bits per heavy atom. The zero-order valence-electron chi connectivity index (χ0n) is 24.9. The molecule has 15 heteroatoms. The van der Waals surface area contributed by atoms with Gasteiger partial charge in [0, 0.05) is 22.7 Å². The van der Waals surface area contributed by atoms with Crippen LogP contribution in [0, 0.1) is 17.5 Å². The van der Waals surface area contributed by atoms with Gasteiger partial charge in [0.25, 0.3) is 5.91 Å². The van der Waals surface area contributed by atoms with Crippen LogP contribution >= 0.6 is 11.6 Å². The van der Waals surface area contributed by atoms with E-state index in [0.29, 0.717) is 17.5 Å². The van der Waals surface area contributed by atoms with Crippen LogP contribution in [0.4, 0.5) is 22.0 Å². The number of rotatable bonds is 10. The Bertz CT molecular complexity index is 2090. The lowest BCUT2D eigenvalue weighted by atomic mass is 9.85. The predicted molar refractivity (Wildman–Crippen MR) is 164 cm³/mol. The lowest BCUT2D eigenvalue weighted by Gasteiger charge is -2.30. The molecular weight excluding hydrogens is 661 g/mol. The molecule has 5 aromatic rings. The highest BCUT2D eigenvalue weighted by molar-refractivity contribution is 6.31. The maximum Gasteiger partial charge on any atom is 0.333 e. The second-order valence-corrected chi connectivity index (χ2v) is 11.7. The molecule has 1 atom stereocenters. The van der Waals surface area contributed by atoms with Crippen molar-refractivity contribution in [2.75, 3.05) is 13.7 Å². The molecule has 0 spiro atoms. The van der Waals surface area contributed by atoms with Gasteiger partial charge in [-0.25, -0.2) is 22.8 Å². The number of nitrogens with one attached hydrogen (secondary N) is 1. The highest BCUT2D eigenvalue weighted by Gasteiger charge is 2.51. The summed E-state index contributed by atoms with van der Waals surface area (Å²) in [4.78, 5) is 30.5. The van der Waals surface area contributed by atoms with Crippen molar-refractivity contribution in [1.82, 2.24) is 20.1 Å². The van der Waals surface area contributed by atoms with Crippen molar-refractivity contribution in [1.29, 1.82) is 0 Å². The average Bonchev–Trinajstić information content (AvgIpc) is 3.78. The zero-order chi connectivity index (χ0) is 34.5. The summed E-state index contributed by atoms with van der Waals surface area (Å²) in [5.74, 6) is -4.22. The Morgan fingerprint density at radius 3 is 2.44 bits per heavy atom. The van der Waals surface area contributed by atoms with Crippen LogP contribution in [0.5, 0.6) is 5.75 Å². The van der Waals surface area contributed by atoms with Gasteiger partial charge < -0.3 is 20.9 Å². The number of methoxy groups -OCH3 is 1. The van der Waals surface area contributed by atoms with Gasteiger partial charge in [0.15, 0.2) is 5.82 Å². The maximum atomic E-state index is 15.3. The van der Waals surface area contributed by atoms with Crippen LogP contribution in [-0.4, -0.2) is 45.3 Å². The lowest BCUT2D eigenvalue weighted by Crippen LogP contribution is -2.42. The van der Waals surface area contributed by atoms with Gasteiger partial charge in [-0.1, -0.05) is 23.7 Å². The molecule has 1 aliphatic rings. The number of ether oxygens (including phenoxy) is 1. The molecule has 1 aliphatic carbocycles. The van der Waals surface area contributed by atoms with Gasteiger partial charge in [0.2, 0.25) is 5.91 Å². The fourth-order valence-electron chi connectivity index (χ4n) is 5.57. The molecule has 48 heavy (non-hydrogen) atoms. The number of fused-ring (bicyclic) bond motifs is 1. The minimum Gasteiger partial charge on any atom is -0.494 e. The number of aliphatic hydroxyl groups is 1. The van der Waals surface area contributed by atoms with E-state index in [2.05, 4.69) is 15.4 Å². The number of alkyl halides is 2. The third-order valence-electron chi connectivity index (χ3n) is 8.43. The van der Waals surface area contributed by atoms with Crippen molar-refractivity contribution in [2.45, 2.75) is 30.4 Å². The number of amides is 2. The second kappa shape index (κ2) is 12.2. The summed E-state index contributed by atoms with van der Waals surface area (Å²) >= 11 is 5.85. The lowest BCUT2D eigenvalue weighted by molar-refractivity contribution is -0.120. The molecule has 9 nitrogen and oxygen atoms in total. The quantitative estimate of drug-likeness (QED) is 0.127. The minimum absolute atomic E-state index is 0.0334. The van der Waals surface area contributed by atoms with Crippen LogP contribution < -0.4 is 15.8 Å². The molecule has 0 radical (unpaired) electrons. The minimum atomic E-state index is -2.94. The van der Waals surface area contributed by atoms with Gasteiger partial charge in [0.1, 0.15) is 33.5 Å². The summed E-state index contributed by atoms with van der Waals surface area (Å²) in [6, 6.07) is 12.0. The molecule has 1 saturated carbocycles. The maximum absolute atomic E-state index is 15.3. The first-order chi connectivity index (χ1) is 22.8. The summed E-state index contributed by atoms with van der Waals surface area (Å²) in [6.45, 7) is -3.55. The fourth-order valence-corrected chi connectivity index (χ4v) is 5.73. The first-order valence-corrected chi connectivity index (χ1v) is 14.7. The number of benzene rings is 3. The molecule has 2 aromatic heterocycles. The van der Waals surface area contributed by atoms with Gasteiger partial charge >= 0.3 is 6.55 Å². The van der Waals surface area contributed by atoms with Crippen LogP contribution in [0.2, 0.25) is 5.02 Å². The number of hydrogen-bond donors (Lipinski definition) is 3. The van der Waals surface area contributed by atoms with E-state index < -0.39 is 58.4 Å².